The Balaban J connectivity index is 1.77. The molecule has 21 heavy (non-hydrogen) atoms. The summed E-state index contributed by atoms with van der Waals surface area (Å²) in [7, 11) is 0. The fourth-order valence-electron chi connectivity index (χ4n) is 3.21. The van der Waals surface area contributed by atoms with E-state index in [1.807, 2.05) is 0 Å². The Hall–Kier alpha value is -0.970. The molecule has 0 bridgehead atoms. The summed E-state index contributed by atoms with van der Waals surface area (Å²) < 4.78 is 12.9. The van der Waals surface area contributed by atoms with Crippen LogP contribution in [0.5, 0.6) is 0 Å². The summed E-state index contributed by atoms with van der Waals surface area (Å²) in [6.07, 6.45) is 1.42. The molecule has 0 saturated carbocycles. The molecule has 0 amide bonds. The maximum atomic E-state index is 12.9. The minimum absolute atomic E-state index is 0.257. The lowest BCUT2D eigenvalue weighted by atomic mass is 10.1. The van der Waals surface area contributed by atoms with Gasteiger partial charge in [-0.05, 0) is 50.2 Å². The second kappa shape index (κ2) is 7.87. The molecule has 1 heterocycles. The second-order valence-corrected chi connectivity index (χ2v) is 5.82. The Kier molecular flexibility index (Phi) is 6.15. The van der Waals surface area contributed by atoms with Crippen molar-refractivity contribution in [3.8, 4) is 0 Å². The molecule has 3 nitrogen and oxygen atoms in total. The summed E-state index contributed by atoms with van der Waals surface area (Å²) >= 11 is 0. The third-order valence-electron chi connectivity index (χ3n) is 4.55. The zero-order valence-corrected chi connectivity index (χ0v) is 13.1. The zero-order valence-electron chi connectivity index (χ0n) is 13.1. The molecule has 0 radical (unpaired) electrons. The van der Waals surface area contributed by atoms with Crippen molar-refractivity contribution in [1.82, 2.24) is 9.80 Å². The molecule has 0 aromatic heterocycles. The summed E-state index contributed by atoms with van der Waals surface area (Å²) in [4.78, 5) is 4.94. The Morgan fingerprint density at radius 1 is 1.29 bits per heavy atom. The summed E-state index contributed by atoms with van der Waals surface area (Å²) in [5.74, 6) is -0.257. The molecule has 2 rings (SSSR count). The minimum Gasteiger partial charge on any atom is -0.388 e. The number of rotatable bonds is 7. The monoisotopic (exact) mass is 294 g/mol. The lowest BCUT2D eigenvalue weighted by Gasteiger charge is -2.26. The van der Waals surface area contributed by atoms with Crippen molar-refractivity contribution in [3.05, 3.63) is 35.6 Å². The average molecular weight is 294 g/mol. The van der Waals surface area contributed by atoms with E-state index in [0.717, 1.165) is 38.3 Å². The molecule has 4 heteroatoms. The highest BCUT2D eigenvalue weighted by Crippen LogP contribution is 2.20. The van der Waals surface area contributed by atoms with Crippen molar-refractivity contribution in [2.24, 2.45) is 0 Å². The van der Waals surface area contributed by atoms with Crippen LogP contribution in [-0.4, -0.2) is 53.7 Å². The molecule has 1 N–H and O–H groups in total. The smallest absolute Gasteiger partial charge is 0.123 e. The van der Waals surface area contributed by atoms with E-state index in [1.165, 1.54) is 18.6 Å². The number of benzene rings is 1. The summed E-state index contributed by atoms with van der Waals surface area (Å²) in [6.45, 7) is 9.74. The van der Waals surface area contributed by atoms with E-state index in [0.29, 0.717) is 12.5 Å². The van der Waals surface area contributed by atoms with Crippen LogP contribution < -0.4 is 0 Å². The summed E-state index contributed by atoms with van der Waals surface area (Å²) in [6, 6.07) is 6.81. The normalized spacial score (nSPS) is 21.1. The molecule has 0 aliphatic carbocycles. The van der Waals surface area contributed by atoms with Gasteiger partial charge >= 0.3 is 0 Å². The SMILES string of the molecule is CCN(CC)C1CCN(CCC(O)c2ccc(F)cc2)C1. The number of halogens is 1. The van der Waals surface area contributed by atoms with E-state index in [2.05, 4.69) is 23.6 Å². The van der Waals surface area contributed by atoms with Gasteiger partial charge in [-0.2, -0.15) is 0 Å². The fraction of sp³-hybridized carbons (Fsp3) is 0.647. The van der Waals surface area contributed by atoms with Crippen molar-refractivity contribution in [3.63, 3.8) is 0 Å². The van der Waals surface area contributed by atoms with Crippen LogP contribution in [0.15, 0.2) is 24.3 Å². The molecule has 2 unspecified atom stereocenters. The van der Waals surface area contributed by atoms with E-state index in [-0.39, 0.29) is 5.82 Å². The van der Waals surface area contributed by atoms with Crippen molar-refractivity contribution in [2.75, 3.05) is 32.7 Å². The van der Waals surface area contributed by atoms with Crippen LogP contribution in [0.4, 0.5) is 4.39 Å². The van der Waals surface area contributed by atoms with Gasteiger partial charge in [-0.15, -0.1) is 0 Å². The van der Waals surface area contributed by atoms with E-state index in [4.69, 9.17) is 0 Å². The van der Waals surface area contributed by atoms with Crippen molar-refractivity contribution >= 4 is 0 Å². The van der Waals surface area contributed by atoms with Gasteiger partial charge in [-0.1, -0.05) is 26.0 Å². The molecule has 1 aliphatic heterocycles. The fourth-order valence-corrected chi connectivity index (χ4v) is 3.21. The molecule has 118 valence electrons. The van der Waals surface area contributed by atoms with Crippen LogP contribution in [0.3, 0.4) is 0 Å². The topological polar surface area (TPSA) is 26.7 Å². The molecule has 0 spiro atoms. The first kappa shape index (κ1) is 16.4. The molecular weight excluding hydrogens is 267 g/mol. The number of aliphatic hydroxyl groups excluding tert-OH is 1. The van der Waals surface area contributed by atoms with Gasteiger partial charge in [-0.25, -0.2) is 4.39 Å². The largest absolute Gasteiger partial charge is 0.388 e. The summed E-state index contributed by atoms with van der Waals surface area (Å²) in [5, 5.41) is 10.2. The lowest BCUT2D eigenvalue weighted by Crippen LogP contribution is -2.37. The molecular formula is C17H27FN2O. The number of likely N-dealkylation sites (tertiary alicyclic amines) is 1. The Labute approximate surface area is 127 Å². The van der Waals surface area contributed by atoms with Gasteiger partial charge in [0, 0.05) is 19.1 Å². The molecule has 1 aromatic carbocycles. The number of hydrogen-bond acceptors (Lipinski definition) is 3. The first-order chi connectivity index (χ1) is 10.1. The van der Waals surface area contributed by atoms with Crippen molar-refractivity contribution < 1.29 is 9.50 Å². The maximum absolute atomic E-state index is 12.9. The Morgan fingerprint density at radius 2 is 1.95 bits per heavy atom. The quantitative estimate of drug-likeness (QED) is 0.837. The first-order valence-electron chi connectivity index (χ1n) is 8.04. The second-order valence-electron chi connectivity index (χ2n) is 5.82. The van der Waals surface area contributed by atoms with Gasteiger partial charge in [0.2, 0.25) is 0 Å². The number of likely N-dealkylation sites (N-methyl/N-ethyl adjacent to an activating group) is 1. The highest BCUT2D eigenvalue weighted by atomic mass is 19.1. The van der Waals surface area contributed by atoms with E-state index in [1.54, 1.807) is 12.1 Å². The standard InChI is InChI=1S/C17H27FN2O/c1-3-20(4-2)16-9-11-19(13-16)12-10-17(21)14-5-7-15(18)8-6-14/h5-8,16-17,21H,3-4,9-13H2,1-2H3. The van der Waals surface area contributed by atoms with Gasteiger partial charge in [0.1, 0.15) is 5.82 Å². The molecule has 1 fully saturated rings. The molecule has 2 atom stereocenters. The van der Waals surface area contributed by atoms with Gasteiger partial charge in [0.15, 0.2) is 0 Å². The maximum Gasteiger partial charge on any atom is 0.123 e. The van der Waals surface area contributed by atoms with Crippen LogP contribution in [0.25, 0.3) is 0 Å². The third-order valence-corrected chi connectivity index (χ3v) is 4.55. The minimum atomic E-state index is -0.502. The van der Waals surface area contributed by atoms with Crippen LogP contribution >= 0.6 is 0 Å². The molecule has 1 aliphatic rings. The van der Waals surface area contributed by atoms with E-state index >= 15 is 0 Å². The Bertz CT molecular complexity index is 419. The van der Waals surface area contributed by atoms with E-state index < -0.39 is 6.10 Å². The lowest BCUT2D eigenvalue weighted by molar-refractivity contribution is 0.144. The third kappa shape index (κ3) is 4.50. The molecule has 1 aromatic rings. The van der Waals surface area contributed by atoms with Gasteiger partial charge in [0.25, 0.3) is 0 Å². The molecule has 1 saturated heterocycles. The van der Waals surface area contributed by atoms with Crippen LogP contribution in [0.2, 0.25) is 0 Å². The average Bonchev–Trinajstić information content (AvgIpc) is 2.96. The summed E-state index contributed by atoms with van der Waals surface area (Å²) in [5.41, 5.74) is 0.802. The van der Waals surface area contributed by atoms with Crippen LogP contribution in [0, 0.1) is 5.82 Å². The number of aliphatic hydroxyl groups is 1. The van der Waals surface area contributed by atoms with Gasteiger partial charge < -0.3 is 10.0 Å². The predicted molar refractivity (Wildman–Crippen MR) is 83.7 cm³/mol. The number of hydrogen-bond donors (Lipinski definition) is 1. The highest BCUT2D eigenvalue weighted by Gasteiger charge is 2.26. The van der Waals surface area contributed by atoms with Crippen LogP contribution in [0.1, 0.15) is 38.4 Å². The van der Waals surface area contributed by atoms with E-state index in [9.17, 15) is 9.50 Å². The van der Waals surface area contributed by atoms with Gasteiger partial charge in [0.05, 0.1) is 6.10 Å². The van der Waals surface area contributed by atoms with Crippen molar-refractivity contribution in [1.29, 1.82) is 0 Å². The first-order valence-corrected chi connectivity index (χ1v) is 8.04. The van der Waals surface area contributed by atoms with Gasteiger partial charge in [-0.3, -0.25) is 4.90 Å². The predicted octanol–water partition coefficient (Wildman–Crippen LogP) is 2.67. The Morgan fingerprint density at radius 3 is 2.57 bits per heavy atom. The highest BCUT2D eigenvalue weighted by molar-refractivity contribution is 5.18. The van der Waals surface area contributed by atoms with Crippen molar-refractivity contribution in [2.45, 2.75) is 38.8 Å². The van der Waals surface area contributed by atoms with Crippen LogP contribution in [-0.2, 0) is 0 Å². The zero-order chi connectivity index (χ0) is 15.2. The number of nitrogens with zero attached hydrogens (tertiary/aromatic N) is 2.